The first-order valence-electron chi connectivity index (χ1n) is 9.25. The number of aryl methyl sites for hydroxylation is 1. The molecule has 1 N–H and O–H groups in total. The van der Waals surface area contributed by atoms with Crippen molar-refractivity contribution in [1.29, 1.82) is 0 Å². The Balaban J connectivity index is 1.83. The van der Waals surface area contributed by atoms with E-state index < -0.39 is 5.97 Å². The van der Waals surface area contributed by atoms with Crippen LogP contribution >= 0.6 is 0 Å². The molecule has 0 unspecified atom stereocenters. The number of aromatic hydroxyl groups is 1. The van der Waals surface area contributed by atoms with Gasteiger partial charge in [0, 0.05) is 19.0 Å². The highest BCUT2D eigenvalue weighted by atomic mass is 16.5. The predicted octanol–water partition coefficient (Wildman–Crippen LogP) is 3.31. The van der Waals surface area contributed by atoms with E-state index in [2.05, 4.69) is 0 Å². The SMILES string of the molecule is COc1ccc(CCC(=O)OCC(=O)N(Cc2ccccc2)C(C)C)cc1O. The quantitative estimate of drug-likeness (QED) is 0.670. The largest absolute Gasteiger partial charge is 0.504 e. The Morgan fingerprint density at radius 3 is 2.39 bits per heavy atom. The van der Waals surface area contributed by atoms with Gasteiger partial charge in [-0.1, -0.05) is 36.4 Å². The van der Waals surface area contributed by atoms with Crippen LogP contribution in [-0.4, -0.2) is 41.6 Å². The summed E-state index contributed by atoms with van der Waals surface area (Å²) >= 11 is 0. The summed E-state index contributed by atoms with van der Waals surface area (Å²) in [5, 5.41) is 9.78. The summed E-state index contributed by atoms with van der Waals surface area (Å²) in [6, 6.07) is 14.7. The van der Waals surface area contributed by atoms with Gasteiger partial charge in [0.05, 0.1) is 7.11 Å². The number of phenolic OH excluding ortho intramolecular Hbond substituents is 1. The van der Waals surface area contributed by atoms with E-state index in [0.717, 1.165) is 11.1 Å². The first kappa shape index (κ1) is 21.3. The van der Waals surface area contributed by atoms with Crippen molar-refractivity contribution in [3.63, 3.8) is 0 Å². The van der Waals surface area contributed by atoms with Crippen LogP contribution in [0.5, 0.6) is 11.5 Å². The van der Waals surface area contributed by atoms with Gasteiger partial charge in [-0.05, 0) is 43.5 Å². The Bertz CT molecular complexity index is 789. The van der Waals surface area contributed by atoms with Gasteiger partial charge < -0.3 is 19.5 Å². The van der Waals surface area contributed by atoms with E-state index in [1.165, 1.54) is 7.11 Å². The lowest BCUT2D eigenvalue weighted by Gasteiger charge is -2.26. The van der Waals surface area contributed by atoms with Crippen molar-refractivity contribution in [3.8, 4) is 11.5 Å². The molecule has 0 saturated carbocycles. The minimum atomic E-state index is -0.452. The number of methoxy groups -OCH3 is 1. The number of hydrogen-bond donors (Lipinski definition) is 1. The molecule has 150 valence electrons. The number of esters is 1. The van der Waals surface area contributed by atoms with E-state index in [1.54, 1.807) is 23.1 Å². The van der Waals surface area contributed by atoms with Gasteiger partial charge in [-0.15, -0.1) is 0 Å². The highest BCUT2D eigenvalue weighted by Gasteiger charge is 2.19. The second-order valence-corrected chi connectivity index (χ2v) is 6.77. The van der Waals surface area contributed by atoms with Crippen LogP contribution in [0.1, 0.15) is 31.4 Å². The van der Waals surface area contributed by atoms with Crippen molar-refractivity contribution < 1.29 is 24.2 Å². The van der Waals surface area contributed by atoms with Crippen molar-refractivity contribution >= 4 is 11.9 Å². The third-order valence-corrected chi connectivity index (χ3v) is 4.36. The molecule has 2 rings (SSSR count). The molecule has 0 atom stereocenters. The summed E-state index contributed by atoms with van der Waals surface area (Å²) in [6.45, 7) is 4.05. The monoisotopic (exact) mass is 385 g/mol. The fraction of sp³-hybridized carbons (Fsp3) is 0.364. The van der Waals surface area contributed by atoms with Crippen molar-refractivity contribution in [2.24, 2.45) is 0 Å². The summed E-state index contributed by atoms with van der Waals surface area (Å²) < 4.78 is 10.1. The van der Waals surface area contributed by atoms with Crippen LogP contribution in [0, 0.1) is 0 Å². The molecular weight excluding hydrogens is 358 g/mol. The van der Waals surface area contributed by atoms with Gasteiger partial charge in [0.25, 0.3) is 5.91 Å². The van der Waals surface area contributed by atoms with E-state index >= 15 is 0 Å². The van der Waals surface area contributed by atoms with Crippen molar-refractivity contribution in [2.75, 3.05) is 13.7 Å². The Morgan fingerprint density at radius 2 is 1.79 bits per heavy atom. The summed E-state index contributed by atoms with van der Waals surface area (Å²) in [7, 11) is 1.47. The lowest BCUT2D eigenvalue weighted by molar-refractivity contribution is -0.153. The number of phenols is 1. The standard InChI is InChI=1S/C22H27NO5/c1-16(2)23(14-18-7-5-4-6-8-18)21(25)15-28-22(26)12-10-17-9-11-20(27-3)19(24)13-17/h4-9,11,13,16,24H,10,12,14-15H2,1-3H3. The average molecular weight is 385 g/mol. The lowest BCUT2D eigenvalue weighted by atomic mass is 10.1. The van der Waals surface area contributed by atoms with Gasteiger partial charge in [0.2, 0.25) is 0 Å². The Kier molecular flexibility index (Phi) is 7.87. The van der Waals surface area contributed by atoms with E-state index in [-0.39, 0.29) is 30.7 Å². The zero-order valence-electron chi connectivity index (χ0n) is 16.6. The predicted molar refractivity (Wildman–Crippen MR) is 106 cm³/mol. The fourth-order valence-corrected chi connectivity index (χ4v) is 2.77. The number of carbonyl (C=O) groups excluding carboxylic acids is 2. The number of ether oxygens (including phenoxy) is 2. The maximum Gasteiger partial charge on any atom is 0.306 e. The van der Waals surface area contributed by atoms with Crippen LogP contribution < -0.4 is 4.74 Å². The Morgan fingerprint density at radius 1 is 1.07 bits per heavy atom. The molecule has 0 aliphatic rings. The highest BCUT2D eigenvalue weighted by Crippen LogP contribution is 2.26. The minimum Gasteiger partial charge on any atom is -0.504 e. The number of amides is 1. The number of nitrogens with zero attached hydrogens (tertiary/aromatic N) is 1. The molecule has 2 aromatic rings. The molecule has 0 spiro atoms. The molecule has 28 heavy (non-hydrogen) atoms. The van der Waals surface area contributed by atoms with Gasteiger partial charge in [-0.25, -0.2) is 0 Å². The molecular formula is C22H27NO5. The van der Waals surface area contributed by atoms with Crippen LogP contribution in [0.15, 0.2) is 48.5 Å². The smallest absolute Gasteiger partial charge is 0.306 e. The second-order valence-electron chi connectivity index (χ2n) is 6.77. The molecule has 0 aromatic heterocycles. The molecule has 0 aliphatic carbocycles. The molecule has 6 heteroatoms. The van der Waals surface area contributed by atoms with E-state index in [1.807, 2.05) is 44.2 Å². The maximum atomic E-state index is 12.5. The van der Waals surface area contributed by atoms with Crippen LogP contribution in [0.25, 0.3) is 0 Å². The van der Waals surface area contributed by atoms with Gasteiger partial charge >= 0.3 is 5.97 Å². The molecule has 0 bridgehead atoms. The van der Waals surface area contributed by atoms with Gasteiger partial charge in [-0.3, -0.25) is 9.59 Å². The van der Waals surface area contributed by atoms with Crippen molar-refractivity contribution in [2.45, 2.75) is 39.3 Å². The van der Waals surface area contributed by atoms with Crippen LogP contribution in [-0.2, 0) is 27.3 Å². The zero-order chi connectivity index (χ0) is 20.5. The van der Waals surface area contributed by atoms with Gasteiger partial charge in [0.15, 0.2) is 18.1 Å². The number of carbonyl (C=O) groups is 2. The molecule has 6 nitrogen and oxygen atoms in total. The fourth-order valence-electron chi connectivity index (χ4n) is 2.77. The first-order chi connectivity index (χ1) is 13.4. The number of benzene rings is 2. The van der Waals surface area contributed by atoms with Crippen LogP contribution in [0.4, 0.5) is 0 Å². The lowest BCUT2D eigenvalue weighted by Crippen LogP contribution is -2.39. The summed E-state index contributed by atoms with van der Waals surface area (Å²) in [6.07, 6.45) is 0.530. The summed E-state index contributed by atoms with van der Waals surface area (Å²) in [5.41, 5.74) is 1.81. The molecule has 1 amide bonds. The van der Waals surface area contributed by atoms with E-state index in [9.17, 15) is 14.7 Å². The van der Waals surface area contributed by atoms with E-state index in [0.29, 0.717) is 18.7 Å². The maximum absolute atomic E-state index is 12.5. The normalized spacial score (nSPS) is 10.6. The van der Waals surface area contributed by atoms with Crippen molar-refractivity contribution in [1.82, 2.24) is 4.90 Å². The van der Waals surface area contributed by atoms with Gasteiger partial charge in [-0.2, -0.15) is 0 Å². The Hall–Kier alpha value is -3.02. The van der Waals surface area contributed by atoms with E-state index in [4.69, 9.17) is 9.47 Å². The topological polar surface area (TPSA) is 76.1 Å². The van der Waals surface area contributed by atoms with Crippen LogP contribution in [0.3, 0.4) is 0 Å². The second kappa shape index (κ2) is 10.3. The summed E-state index contributed by atoms with van der Waals surface area (Å²) in [4.78, 5) is 26.2. The third kappa shape index (κ3) is 6.30. The molecule has 0 radical (unpaired) electrons. The Labute approximate surface area is 165 Å². The van der Waals surface area contributed by atoms with Crippen LogP contribution in [0.2, 0.25) is 0 Å². The molecule has 0 heterocycles. The molecule has 2 aromatic carbocycles. The number of rotatable bonds is 9. The summed E-state index contributed by atoms with van der Waals surface area (Å²) in [5.74, 6) is -0.275. The third-order valence-electron chi connectivity index (χ3n) is 4.36. The van der Waals surface area contributed by atoms with Gasteiger partial charge in [0.1, 0.15) is 0 Å². The molecule has 0 saturated heterocycles. The first-order valence-corrected chi connectivity index (χ1v) is 9.25. The number of hydrogen-bond acceptors (Lipinski definition) is 5. The molecule has 0 fully saturated rings. The zero-order valence-corrected chi connectivity index (χ0v) is 16.6. The minimum absolute atomic E-state index is 0.00585. The molecule has 0 aliphatic heterocycles. The highest BCUT2D eigenvalue weighted by molar-refractivity contribution is 5.81. The van der Waals surface area contributed by atoms with Crippen molar-refractivity contribution in [3.05, 3.63) is 59.7 Å². The average Bonchev–Trinajstić information content (AvgIpc) is 2.69.